The Kier molecular flexibility index (Phi) is 6.70. The van der Waals surface area contributed by atoms with Crippen molar-refractivity contribution in [3.63, 3.8) is 0 Å². The van der Waals surface area contributed by atoms with E-state index in [2.05, 4.69) is 41.1 Å². The first-order chi connectivity index (χ1) is 8.26. The third kappa shape index (κ3) is 5.73. The number of likely N-dealkylation sites (tertiary alicyclic amines) is 1. The van der Waals surface area contributed by atoms with Crippen molar-refractivity contribution < 1.29 is 0 Å². The molecule has 0 saturated carbocycles. The molecule has 4 nitrogen and oxygen atoms in total. The Balaban J connectivity index is 2.37. The number of piperidine rings is 1. The second-order valence-corrected chi connectivity index (χ2v) is 4.66. The van der Waals surface area contributed by atoms with Crippen molar-refractivity contribution in [3.8, 4) is 0 Å². The molecule has 0 amide bonds. The van der Waals surface area contributed by atoms with Gasteiger partial charge in [-0.1, -0.05) is 6.08 Å². The molecule has 4 heteroatoms. The summed E-state index contributed by atoms with van der Waals surface area (Å²) >= 11 is 0. The maximum atomic E-state index is 4.63. The van der Waals surface area contributed by atoms with Gasteiger partial charge < -0.3 is 15.5 Å². The lowest BCUT2D eigenvalue weighted by atomic mass is 9.99. The van der Waals surface area contributed by atoms with Gasteiger partial charge in [0.15, 0.2) is 5.96 Å². The average Bonchev–Trinajstić information content (AvgIpc) is 2.33. The number of nitrogens with zero attached hydrogens (tertiary/aromatic N) is 2. The molecule has 0 radical (unpaired) electrons. The predicted molar refractivity (Wildman–Crippen MR) is 74.4 cm³/mol. The zero-order chi connectivity index (χ0) is 12.5. The van der Waals surface area contributed by atoms with E-state index in [9.17, 15) is 0 Å². The molecule has 17 heavy (non-hydrogen) atoms. The fourth-order valence-corrected chi connectivity index (χ4v) is 2.15. The highest BCUT2D eigenvalue weighted by molar-refractivity contribution is 5.79. The quantitative estimate of drug-likeness (QED) is 0.427. The van der Waals surface area contributed by atoms with Crippen molar-refractivity contribution in [2.75, 3.05) is 39.8 Å². The molecule has 98 valence electrons. The topological polar surface area (TPSA) is 39.7 Å². The highest BCUT2D eigenvalue weighted by Crippen LogP contribution is 2.14. The Morgan fingerprint density at radius 3 is 3.00 bits per heavy atom. The van der Waals surface area contributed by atoms with E-state index in [0.717, 1.165) is 25.6 Å². The molecule has 0 aromatic heterocycles. The van der Waals surface area contributed by atoms with Gasteiger partial charge in [-0.15, -0.1) is 6.58 Å². The van der Waals surface area contributed by atoms with Crippen LogP contribution < -0.4 is 10.6 Å². The number of hydrogen-bond donors (Lipinski definition) is 2. The van der Waals surface area contributed by atoms with Gasteiger partial charge in [-0.05, 0) is 39.3 Å². The van der Waals surface area contributed by atoms with Crippen LogP contribution in [0.1, 0.15) is 19.8 Å². The number of rotatable bonds is 5. The summed E-state index contributed by atoms with van der Waals surface area (Å²) in [4.78, 5) is 7.03. The number of nitrogens with one attached hydrogen (secondary N) is 2. The van der Waals surface area contributed by atoms with Crippen LogP contribution in [0.25, 0.3) is 0 Å². The molecule has 0 spiro atoms. The monoisotopic (exact) mass is 238 g/mol. The lowest BCUT2D eigenvalue weighted by molar-refractivity contribution is 0.214. The molecule has 1 fully saturated rings. The summed E-state index contributed by atoms with van der Waals surface area (Å²) in [6, 6.07) is 0. The maximum absolute atomic E-state index is 4.63. The van der Waals surface area contributed by atoms with Crippen LogP contribution >= 0.6 is 0 Å². The van der Waals surface area contributed by atoms with E-state index in [-0.39, 0.29) is 0 Å². The first-order valence-electron chi connectivity index (χ1n) is 6.57. The van der Waals surface area contributed by atoms with Gasteiger partial charge in [0.2, 0.25) is 0 Å². The minimum absolute atomic E-state index is 0.702. The standard InChI is InChI=1S/C13H26N4/c1-4-8-15-13(14-5-2)16-10-12-7-6-9-17(3)11-12/h4,12H,1,5-11H2,2-3H3,(H2,14,15,16). The Bertz CT molecular complexity index is 250. The summed E-state index contributed by atoms with van der Waals surface area (Å²) in [6.07, 6.45) is 4.45. The van der Waals surface area contributed by atoms with Gasteiger partial charge in [0.1, 0.15) is 0 Å². The van der Waals surface area contributed by atoms with Crippen LogP contribution in [0.3, 0.4) is 0 Å². The minimum Gasteiger partial charge on any atom is -0.357 e. The van der Waals surface area contributed by atoms with E-state index in [4.69, 9.17) is 0 Å². The molecule has 1 rings (SSSR count). The molecule has 0 aliphatic carbocycles. The Morgan fingerprint density at radius 2 is 2.35 bits per heavy atom. The molecule has 1 unspecified atom stereocenters. The van der Waals surface area contributed by atoms with E-state index in [0.29, 0.717) is 5.92 Å². The molecule has 1 aliphatic heterocycles. The molecule has 1 saturated heterocycles. The van der Waals surface area contributed by atoms with Crippen LogP contribution in [-0.2, 0) is 0 Å². The van der Waals surface area contributed by atoms with E-state index in [1.807, 2.05) is 6.08 Å². The molecular weight excluding hydrogens is 212 g/mol. The summed E-state index contributed by atoms with van der Waals surface area (Å²) in [7, 11) is 2.19. The van der Waals surface area contributed by atoms with Crippen molar-refractivity contribution in [1.29, 1.82) is 0 Å². The van der Waals surface area contributed by atoms with Gasteiger partial charge in [0.25, 0.3) is 0 Å². The Morgan fingerprint density at radius 1 is 1.53 bits per heavy atom. The van der Waals surface area contributed by atoms with E-state index in [1.54, 1.807) is 0 Å². The molecule has 0 aromatic carbocycles. The Hall–Kier alpha value is -1.03. The van der Waals surface area contributed by atoms with Crippen molar-refractivity contribution in [2.24, 2.45) is 10.9 Å². The normalized spacial score (nSPS) is 22.2. The summed E-state index contributed by atoms with van der Waals surface area (Å²) < 4.78 is 0. The zero-order valence-corrected chi connectivity index (χ0v) is 11.2. The van der Waals surface area contributed by atoms with Gasteiger partial charge in [-0.3, -0.25) is 4.99 Å². The number of guanidine groups is 1. The molecule has 1 atom stereocenters. The van der Waals surface area contributed by atoms with Gasteiger partial charge in [-0.25, -0.2) is 0 Å². The second kappa shape index (κ2) is 8.12. The summed E-state index contributed by atoms with van der Waals surface area (Å²) in [5, 5.41) is 6.47. The fourth-order valence-electron chi connectivity index (χ4n) is 2.15. The largest absolute Gasteiger partial charge is 0.357 e. The van der Waals surface area contributed by atoms with Crippen molar-refractivity contribution >= 4 is 5.96 Å². The number of hydrogen-bond acceptors (Lipinski definition) is 2. The molecule has 1 heterocycles. The van der Waals surface area contributed by atoms with Crippen molar-refractivity contribution in [3.05, 3.63) is 12.7 Å². The lowest BCUT2D eigenvalue weighted by Crippen LogP contribution is -2.39. The summed E-state index contributed by atoms with van der Waals surface area (Å²) in [5.41, 5.74) is 0. The summed E-state index contributed by atoms with van der Waals surface area (Å²) in [5.74, 6) is 1.61. The van der Waals surface area contributed by atoms with Gasteiger partial charge >= 0.3 is 0 Å². The fraction of sp³-hybridized carbons (Fsp3) is 0.769. The van der Waals surface area contributed by atoms with Crippen LogP contribution in [0.5, 0.6) is 0 Å². The zero-order valence-electron chi connectivity index (χ0n) is 11.2. The molecule has 2 N–H and O–H groups in total. The van der Waals surface area contributed by atoms with E-state index >= 15 is 0 Å². The lowest BCUT2D eigenvalue weighted by Gasteiger charge is -2.28. The van der Waals surface area contributed by atoms with Crippen LogP contribution in [0, 0.1) is 5.92 Å². The molecular formula is C13H26N4. The van der Waals surface area contributed by atoms with Crippen LogP contribution in [0.15, 0.2) is 17.6 Å². The third-order valence-electron chi connectivity index (χ3n) is 2.99. The smallest absolute Gasteiger partial charge is 0.191 e. The molecule has 0 aromatic rings. The van der Waals surface area contributed by atoms with Crippen molar-refractivity contribution in [1.82, 2.24) is 15.5 Å². The van der Waals surface area contributed by atoms with Gasteiger partial charge in [0.05, 0.1) is 0 Å². The minimum atomic E-state index is 0.702. The van der Waals surface area contributed by atoms with Crippen LogP contribution in [0.2, 0.25) is 0 Å². The van der Waals surface area contributed by atoms with E-state index < -0.39 is 0 Å². The highest BCUT2D eigenvalue weighted by Gasteiger charge is 2.16. The van der Waals surface area contributed by atoms with Crippen LogP contribution in [-0.4, -0.2) is 50.6 Å². The third-order valence-corrected chi connectivity index (χ3v) is 2.99. The molecule has 1 aliphatic rings. The maximum Gasteiger partial charge on any atom is 0.191 e. The van der Waals surface area contributed by atoms with E-state index in [1.165, 1.54) is 25.9 Å². The number of aliphatic imine (C=N–C) groups is 1. The Labute approximate surface area is 105 Å². The first-order valence-corrected chi connectivity index (χ1v) is 6.57. The first kappa shape index (κ1) is 14.0. The van der Waals surface area contributed by atoms with Gasteiger partial charge in [-0.2, -0.15) is 0 Å². The SMILES string of the molecule is C=CCNC(=NCC1CCCN(C)C1)NCC. The highest BCUT2D eigenvalue weighted by atomic mass is 15.2. The van der Waals surface area contributed by atoms with Crippen LogP contribution in [0.4, 0.5) is 0 Å². The van der Waals surface area contributed by atoms with Crippen molar-refractivity contribution in [2.45, 2.75) is 19.8 Å². The van der Waals surface area contributed by atoms with Gasteiger partial charge in [0, 0.05) is 26.2 Å². The molecule has 0 bridgehead atoms. The summed E-state index contributed by atoms with van der Waals surface area (Å²) in [6.45, 7) is 10.8. The second-order valence-electron chi connectivity index (χ2n) is 4.66. The predicted octanol–water partition coefficient (Wildman–Crippen LogP) is 1.07. The average molecular weight is 238 g/mol.